The van der Waals surface area contributed by atoms with Gasteiger partial charge in [-0.05, 0) is 191 Å². The van der Waals surface area contributed by atoms with Gasteiger partial charge in [-0.15, -0.1) is 0 Å². The fourth-order valence-electron chi connectivity index (χ4n) is 14.8. The SMILES string of the molecule is Clc1ccccc1C1CCNN1c1ccccc1Br.Clc1ccccc1C1CCNN1c1ccccc1Cl.Clc1ccccc1N1NCCC1c1ccncc1.Fc1ccccc1C1CCNN1c1ccccc1F.Fc1ccccc1N1NCCC1c1ccccc1.Fc1ccccc1N1NCCC1c1ccccc1Cl. The van der Waals surface area contributed by atoms with Gasteiger partial charge < -0.3 is 0 Å². The highest BCUT2D eigenvalue weighted by atomic mass is 79.9. The summed E-state index contributed by atoms with van der Waals surface area (Å²) >= 11 is 35.0. The van der Waals surface area contributed by atoms with Gasteiger partial charge in [-0.25, -0.2) is 50.1 Å². The summed E-state index contributed by atoms with van der Waals surface area (Å²) in [6.07, 6.45) is 9.41. The Balaban J connectivity index is 0.000000118. The molecule has 0 bridgehead atoms. The van der Waals surface area contributed by atoms with Crippen LogP contribution in [0.25, 0.3) is 0 Å². The molecule has 112 heavy (non-hydrogen) atoms. The topological polar surface area (TPSA) is 105 Å². The van der Waals surface area contributed by atoms with Crippen LogP contribution in [0.5, 0.6) is 0 Å². The summed E-state index contributed by atoms with van der Waals surface area (Å²) in [4.78, 5) is 4.07. The fourth-order valence-corrected chi connectivity index (χ4v) is 16.5. The Labute approximate surface area is 686 Å². The lowest BCUT2D eigenvalue weighted by molar-refractivity contribution is 0.562. The molecule has 6 aliphatic rings. The van der Waals surface area contributed by atoms with Gasteiger partial charge in [-0.3, -0.25) is 35.0 Å². The molecule has 6 unspecified atom stereocenters. The van der Waals surface area contributed by atoms with E-state index in [2.05, 4.69) is 117 Å². The van der Waals surface area contributed by atoms with Crippen LogP contribution in [0.2, 0.25) is 25.1 Å². The van der Waals surface area contributed by atoms with Crippen molar-refractivity contribution in [2.45, 2.75) is 74.8 Å². The van der Waals surface area contributed by atoms with Crippen molar-refractivity contribution in [3.05, 3.63) is 384 Å². The van der Waals surface area contributed by atoms with Crippen molar-refractivity contribution in [2.24, 2.45) is 0 Å². The normalized spacial score (nSPS) is 18.9. The molecule has 13 nitrogen and oxygen atoms in total. The van der Waals surface area contributed by atoms with Crippen molar-refractivity contribution in [3.8, 4) is 0 Å². The van der Waals surface area contributed by atoms with E-state index < -0.39 is 0 Å². The number of para-hydroxylation sites is 6. The smallest absolute Gasteiger partial charge is 0.147 e. The average molecular weight is 1670 g/mol. The number of benzene rings is 11. The molecule has 0 saturated carbocycles. The van der Waals surface area contributed by atoms with Gasteiger partial charge in [0.2, 0.25) is 0 Å². The zero-order chi connectivity index (χ0) is 77.7. The summed E-state index contributed by atoms with van der Waals surface area (Å²) in [6.45, 7) is 5.21. The molecule has 1 aromatic heterocycles. The maximum absolute atomic E-state index is 13.9. The number of nitrogens with zero attached hydrogens (tertiary/aromatic N) is 7. The van der Waals surface area contributed by atoms with E-state index in [1.807, 2.05) is 180 Å². The molecule has 7 heterocycles. The van der Waals surface area contributed by atoms with Crippen LogP contribution in [0.15, 0.2) is 302 Å². The largest absolute Gasteiger partial charge is 0.300 e. The summed E-state index contributed by atoms with van der Waals surface area (Å²) in [5.74, 6) is -0.974. The van der Waals surface area contributed by atoms with E-state index in [0.717, 1.165) is 129 Å². The fraction of sp³-hybridized carbons (Fsp3) is 0.202. The van der Waals surface area contributed by atoms with Gasteiger partial charge in [0.25, 0.3) is 0 Å². The monoisotopic (exact) mass is 1670 g/mol. The van der Waals surface area contributed by atoms with Crippen LogP contribution in [-0.4, -0.2) is 44.3 Å². The summed E-state index contributed by atoms with van der Waals surface area (Å²) in [5.41, 5.74) is 31.0. The molecule has 6 saturated heterocycles. The molecule has 576 valence electrons. The van der Waals surface area contributed by atoms with Crippen molar-refractivity contribution >= 4 is 108 Å². The molecule has 0 spiro atoms. The molecule has 12 aromatic rings. The number of rotatable bonds is 12. The number of hydrazine groups is 6. The van der Waals surface area contributed by atoms with Gasteiger partial charge in [0.1, 0.15) is 23.3 Å². The minimum atomic E-state index is -0.307. The minimum absolute atomic E-state index is 0.0607. The predicted octanol–water partition coefficient (Wildman–Crippen LogP) is 22.8. The average Bonchev–Trinajstić information content (AvgIpc) is 1.60. The van der Waals surface area contributed by atoms with Crippen molar-refractivity contribution in [1.82, 2.24) is 37.5 Å². The number of aromatic nitrogens is 1. The first kappa shape index (κ1) is 80.8. The number of hydrogen-bond donors (Lipinski definition) is 6. The Hall–Kier alpha value is -9.22. The first-order chi connectivity index (χ1) is 54.8. The van der Waals surface area contributed by atoms with E-state index in [1.54, 1.807) is 59.6 Å². The lowest BCUT2D eigenvalue weighted by atomic mass is 10.0. The van der Waals surface area contributed by atoms with E-state index in [0.29, 0.717) is 35.2 Å². The van der Waals surface area contributed by atoms with E-state index in [1.165, 1.54) is 41.0 Å². The highest BCUT2D eigenvalue weighted by Gasteiger charge is 2.35. The van der Waals surface area contributed by atoms with Gasteiger partial charge in [0, 0.05) is 76.8 Å². The van der Waals surface area contributed by atoms with Gasteiger partial charge in [0.15, 0.2) is 0 Å². The van der Waals surface area contributed by atoms with Gasteiger partial charge >= 0.3 is 0 Å². The Morgan fingerprint density at radius 1 is 0.250 bits per heavy atom. The van der Waals surface area contributed by atoms with Gasteiger partial charge in [-0.1, -0.05) is 234 Å². The third-order valence-electron chi connectivity index (χ3n) is 20.1. The zero-order valence-electron chi connectivity index (χ0n) is 61.1. The second-order valence-electron chi connectivity index (χ2n) is 27.0. The number of pyridine rings is 1. The van der Waals surface area contributed by atoms with Crippen LogP contribution in [0.1, 0.15) is 108 Å². The van der Waals surface area contributed by atoms with Crippen molar-refractivity contribution in [3.63, 3.8) is 0 Å². The predicted molar refractivity (Wildman–Crippen MR) is 455 cm³/mol. The lowest BCUT2D eigenvalue weighted by Crippen LogP contribution is -2.33. The van der Waals surface area contributed by atoms with Crippen LogP contribution in [0.4, 0.5) is 51.7 Å². The standard InChI is InChI=1S/C15H14BrClN2.C15H14Cl2N2.C15H14ClFN2.C15H14F2N2.C15H15FN2.C14H14ClN3/c16-12-6-2-4-8-15(12)19-14(9-10-18-19)11-5-1-3-7-13(11)17;3*16-12-6-2-1-5-11(12)14-9-10-18-19(14)15-8-4-3-7-13(15)17;16-13-8-4-5-9-15(13)18-14(10-11-17-18)12-6-2-1-3-7-12;15-12-3-1-2-4-14(12)18-13(7-10-17-18)11-5-8-16-9-6-11/h4*1-8,14,18H,9-10H2;1-9,14,17H,10-11H2;1-6,8-9,13,17H,7,10H2. The molecule has 0 aliphatic carbocycles. The van der Waals surface area contributed by atoms with Crippen molar-refractivity contribution in [1.29, 1.82) is 0 Å². The van der Waals surface area contributed by atoms with Crippen LogP contribution < -0.4 is 62.6 Å². The first-order valence-corrected chi connectivity index (χ1v) is 40.1. The Morgan fingerprint density at radius 2 is 0.500 bits per heavy atom. The van der Waals surface area contributed by atoms with Gasteiger partial charge in [0.05, 0.1) is 80.4 Å². The van der Waals surface area contributed by atoms with E-state index in [4.69, 9.17) is 58.0 Å². The third kappa shape index (κ3) is 19.9. The molecule has 6 fully saturated rings. The Morgan fingerprint density at radius 3 is 0.857 bits per heavy atom. The second-order valence-corrected chi connectivity index (χ2v) is 29.9. The summed E-state index contributed by atoms with van der Waals surface area (Å²) in [6, 6.07) is 89.8. The number of halogens is 10. The van der Waals surface area contributed by atoms with Crippen LogP contribution in [0.3, 0.4) is 0 Å². The van der Waals surface area contributed by atoms with Crippen molar-refractivity contribution in [2.75, 3.05) is 69.3 Å². The molecular formula is C89H85BrCl5F4N13. The minimum Gasteiger partial charge on any atom is -0.300 e. The zero-order valence-corrected chi connectivity index (χ0v) is 66.5. The molecule has 6 atom stereocenters. The van der Waals surface area contributed by atoms with Crippen LogP contribution in [0, 0.1) is 23.3 Å². The molecule has 23 heteroatoms. The molecule has 11 aromatic carbocycles. The first-order valence-electron chi connectivity index (χ1n) is 37.4. The maximum Gasteiger partial charge on any atom is 0.147 e. The maximum atomic E-state index is 13.9. The van der Waals surface area contributed by atoms with E-state index in [9.17, 15) is 17.6 Å². The molecule has 6 N–H and O–H groups in total. The lowest BCUT2D eigenvalue weighted by Gasteiger charge is -2.28. The van der Waals surface area contributed by atoms with Crippen molar-refractivity contribution < 1.29 is 17.6 Å². The summed E-state index contributed by atoms with van der Waals surface area (Å²) < 4.78 is 56.6. The van der Waals surface area contributed by atoms with Gasteiger partial charge in [-0.2, -0.15) is 0 Å². The number of hydrogen-bond acceptors (Lipinski definition) is 13. The Bertz CT molecular complexity index is 4290. The second kappa shape index (κ2) is 40.0. The molecule has 6 aliphatic heterocycles. The highest BCUT2D eigenvalue weighted by molar-refractivity contribution is 9.10. The van der Waals surface area contributed by atoms with E-state index in [-0.39, 0.29) is 53.5 Å². The Kier molecular flexibility index (Phi) is 28.9. The van der Waals surface area contributed by atoms with E-state index >= 15 is 0 Å². The number of nitrogens with one attached hydrogen (secondary N) is 6. The van der Waals surface area contributed by atoms with Crippen LogP contribution in [-0.2, 0) is 0 Å². The third-order valence-corrected chi connectivity index (χ3v) is 22.4. The molecular weight excluding hydrogens is 1580 g/mol. The molecule has 0 radical (unpaired) electrons. The quantitative estimate of drug-likeness (QED) is 0.0655. The summed E-state index contributed by atoms with van der Waals surface area (Å²) in [5, 5.41) is 15.8. The molecule has 18 rings (SSSR count). The number of anilines is 6. The van der Waals surface area contributed by atoms with Crippen LogP contribution >= 0.6 is 73.9 Å². The highest BCUT2D eigenvalue weighted by Crippen LogP contribution is 2.43. The molecule has 0 amide bonds. The summed E-state index contributed by atoms with van der Waals surface area (Å²) in [7, 11) is 0.